The zero-order valence-corrected chi connectivity index (χ0v) is 11.2. The van der Waals surface area contributed by atoms with Crippen LogP contribution in [0.4, 0.5) is 0 Å². The van der Waals surface area contributed by atoms with E-state index in [1.807, 2.05) is 7.05 Å². The summed E-state index contributed by atoms with van der Waals surface area (Å²) in [7, 11) is 3.79. The number of likely N-dealkylation sites (N-methyl/N-ethyl adjacent to an activating group) is 1. The Balaban J connectivity index is 2.25. The van der Waals surface area contributed by atoms with Gasteiger partial charge >= 0.3 is 0 Å². The van der Waals surface area contributed by atoms with Gasteiger partial charge in [-0.2, -0.15) is 0 Å². The Labute approximate surface area is 99.9 Å². The molecule has 0 spiro atoms. The predicted molar refractivity (Wildman–Crippen MR) is 66.8 cm³/mol. The third-order valence-electron chi connectivity index (χ3n) is 3.66. The monoisotopic (exact) mass is 229 g/mol. The molecule has 0 radical (unpaired) electrons. The quantitative estimate of drug-likeness (QED) is 0.758. The Morgan fingerprint density at radius 3 is 2.56 bits per heavy atom. The minimum Gasteiger partial charge on any atom is -0.379 e. The van der Waals surface area contributed by atoms with Crippen LogP contribution in [0.2, 0.25) is 0 Å². The van der Waals surface area contributed by atoms with Crippen molar-refractivity contribution in [1.29, 1.82) is 0 Å². The average Bonchev–Trinajstić information content (AvgIpc) is 2.29. The summed E-state index contributed by atoms with van der Waals surface area (Å²) in [6.45, 7) is 5.00. The topological polar surface area (TPSA) is 30.5 Å². The van der Waals surface area contributed by atoms with E-state index in [-0.39, 0.29) is 5.60 Å². The lowest BCUT2D eigenvalue weighted by Gasteiger charge is -2.32. The molecule has 1 rings (SSSR count). The molecule has 0 aromatic heterocycles. The van der Waals surface area contributed by atoms with E-state index in [9.17, 15) is 0 Å². The minimum atomic E-state index is -0.0657. The lowest BCUT2D eigenvalue weighted by molar-refractivity contribution is -0.0421. The molecule has 2 atom stereocenters. The second-order valence-corrected chi connectivity index (χ2v) is 5.30. The lowest BCUT2D eigenvalue weighted by atomic mass is 9.92. The standard InChI is InChI=1S/C13H27NO2/c1-13(2,15-4)9-10-16-12-8-6-5-7-11(12)14-3/h11-12,14H,5-10H2,1-4H3. The normalized spacial score (nSPS) is 27.0. The highest BCUT2D eigenvalue weighted by atomic mass is 16.5. The molecule has 0 aromatic carbocycles. The van der Waals surface area contributed by atoms with E-state index in [4.69, 9.17) is 9.47 Å². The Morgan fingerprint density at radius 1 is 1.25 bits per heavy atom. The van der Waals surface area contributed by atoms with Crippen molar-refractivity contribution in [2.24, 2.45) is 0 Å². The summed E-state index contributed by atoms with van der Waals surface area (Å²) in [4.78, 5) is 0. The van der Waals surface area contributed by atoms with E-state index >= 15 is 0 Å². The number of nitrogens with one attached hydrogen (secondary N) is 1. The Morgan fingerprint density at radius 2 is 1.94 bits per heavy atom. The maximum Gasteiger partial charge on any atom is 0.0727 e. The van der Waals surface area contributed by atoms with Gasteiger partial charge in [-0.15, -0.1) is 0 Å². The molecule has 96 valence electrons. The lowest BCUT2D eigenvalue weighted by Crippen LogP contribution is -2.42. The van der Waals surface area contributed by atoms with Gasteiger partial charge in [0, 0.05) is 19.8 Å². The molecule has 0 heterocycles. The number of hydrogen-bond donors (Lipinski definition) is 1. The summed E-state index contributed by atoms with van der Waals surface area (Å²) in [6, 6.07) is 0.541. The molecule has 3 heteroatoms. The van der Waals surface area contributed by atoms with Gasteiger partial charge in [0.05, 0.1) is 11.7 Å². The van der Waals surface area contributed by atoms with Crippen molar-refractivity contribution in [3.8, 4) is 0 Å². The van der Waals surface area contributed by atoms with Crippen LogP contribution in [-0.4, -0.2) is 38.5 Å². The summed E-state index contributed by atoms with van der Waals surface area (Å²) in [5.74, 6) is 0. The smallest absolute Gasteiger partial charge is 0.0727 e. The summed E-state index contributed by atoms with van der Waals surface area (Å²) in [6.07, 6.45) is 6.42. The molecular formula is C13H27NO2. The first-order valence-corrected chi connectivity index (χ1v) is 6.43. The van der Waals surface area contributed by atoms with E-state index in [1.165, 1.54) is 25.7 Å². The van der Waals surface area contributed by atoms with Crippen molar-refractivity contribution in [3.63, 3.8) is 0 Å². The van der Waals surface area contributed by atoms with Gasteiger partial charge in [-0.05, 0) is 40.2 Å². The molecule has 0 saturated heterocycles. The summed E-state index contributed by atoms with van der Waals surface area (Å²) in [5, 5.41) is 3.36. The maximum atomic E-state index is 5.98. The van der Waals surface area contributed by atoms with Gasteiger partial charge in [0.15, 0.2) is 0 Å². The fourth-order valence-corrected chi connectivity index (χ4v) is 2.18. The van der Waals surface area contributed by atoms with Crippen molar-refractivity contribution in [2.75, 3.05) is 20.8 Å². The van der Waals surface area contributed by atoms with Gasteiger partial charge < -0.3 is 14.8 Å². The van der Waals surface area contributed by atoms with E-state index in [0.717, 1.165) is 13.0 Å². The molecule has 1 aliphatic rings. The highest BCUT2D eigenvalue weighted by Crippen LogP contribution is 2.22. The maximum absolute atomic E-state index is 5.98. The van der Waals surface area contributed by atoms with Crippen LogP contribution in [0.3, 0.4) is 0 Å². The molecule has 16 heavy (non-hydrogen) atoms. The van der Waals surface area contributed by atoms with E-state index < -0.39 is 0 Å². The van der Waals surface area contributed by atoms with Crippen molar-refractivity contribution >= 4 is 0 Å². The van der Waals surface area contributed by atoms with Gasteiger partial charge in [0.1, 0.15) is 0 Å². The zero-order valence-electron chi connectivity index (χ0n) is 11.2. The van der Waals surface area contributed by atoms with Crippen LogP contribution < -0.4 is 5.32 Å². The number of ether oxygens (including phenoxy) is 2. The highest BCUT2D eigenvalue weighted by Gasteiger charge is 2.25. The first-order chi connectivity index (χ1) is 7.59. The Bertz CT molecular complexity index is 194. The van der Waals surface area contributed by atoms with Crippen molar-refractivity contribution < 1.29 is 9.47 Å². The fourth-order valence-electron chi connectivity index (χ4n) is 2.18. The molecule has 2 unspecified atom stereocenters. The van der Waals surface area contributed by atoms with Crippen LogP contribution in [0.1, 0.15) is 46.0 Å². The molecular weight excluding hydrogens is 202 g/mol. The van der Waals surface area contributed by atoms with Gasteiger partial charge in [-0.3, -0.25) is 0 Å². The number of hydrogen-bond acceptors (Lipinski definition) is 3. The zero-order chi connectivity index (χ0) is 12.0. The van der Waals surface area contributed by atoms with Gasteiger partial charge in [0.25, 0.3) is 0 Å². The molecule has 0 aliphatic heterocycles. The number of rotatable bonds is 6. The third kappa shape index (κ3) is 4.40. The molecule has 0 aromatic rings. The minimum absolute atomic E-state index is 0.0657. The van der Waals surface area contributed by atoms with Crippen molar-refractivity contribution in [3.05, 3.63) is 0 Å². The van der Waals surface area contributed by atoms with Gasteiger partial charge in [-0.1, -0.05) is 12.8 Å². The largest absolute Gasteiger partial charge is 0.379 e. The molecule has 1 N–H and O–H groups in total. The molecule has 1 fully saturated rings. The third-order valence-corrected chi connectivity index (χ3v) is 3.66. The van der Waals surface area contributed by atoms with Crippen LogP contribution in [0.5, 0.6) is 0 Å². The first-order valence-electron chi connectivity index (χ1n) is 6.43. The van der Waals surface area contributed by atoms with Crippen LogP contribution in [0.15, 0.2) is 0 Å². The highest BCUT2D eigenvalue weighted by molar-refractivity contribution is 4.81. The van der Waals surface area contributed by atoms with Gasteiger partial charge in [0.2, 0.25) is 0 Å². The van der Waals surface area contributed by atoms with Crippen LogP contribution in [0.25, 0.3) is 0 Å². The molecule has 0 amide bonds. The van der Waals surface area contributed by atoms with E-state index in [2.05, 4.69) is 19.2 Å². The summed E-state index contributed by atoms with van der Waals surface area (Å²) >= 11 is 0. The van der Waals surface area contributed by atoms with Crippen molar-refractivity contribution in [1.82, 2.24) is 5.32 Å². The Hall–Kier alpha value is -0.120. The Kier molecular flexibility index (Phi) is 5.73. The number of methoxy groups -OCH3 is 1. The van der Waals surface area contributed by atoms with E-state index in [0.29, 0.717) is 12.1 Å². The molecule has 0 bridgehead atoms. The second-order valence-electron chi connectivity index (χ2n) is 5.30. The van der Waals surface area contributed by atoms with Crippen LogP contribution >= 0.6 is 0 Å². The predicted octanol–water partition coefficient (Wildman–Crippen LogP) is 2.35. The van der Waals surface area contributed by atoms with Crippen LogP contribution in [-0.2, 0) is 9.47 Å². The van der Waals surface area contributed by atoms with Crippen LogP contribution in [0, 0.1) is 0 Å². The molecule has 3 nitrogen and oxygen atoms in total. The SMILES string of the molecule is CNC1CCCCC1OCCC(C)(C)OC. The van der Waals surface area contributed by atoms with Crippen molar-refractivity contribution in [2.45, 2.75) is 63.7 Å². The summed E-state index contributed by atoms with van der Waals surface area (Å²) < 4.78 is 11.4. The second kappa shape index (κ2) is 6.58. The molecule has 1 aliphatic carbocycles. The fraction of sp³-hybridized carbons (Fsp3) is 1.00. The first kappa shape index (κ1) is 13.9. The molecule has 1 saturated carbocycles. The summed E-state index contributed by atoms with van der Waals surface area (Å²) in [5.41, 5.74) is -0.0657. The van der Waals surface area contributed by atoms with Gasteiger partial charge in [-0.25, -0.2) is 0 Å². The average molecular weight is 229 g/mol. The van der Waals surface area contributed by atoms with E-state index in [1.54, 1.807) is 7.11 Å².